The van der Waals surface area contributed by atoms with E-state index in [0.29, 0.717) is 0 Å². The van der Waals surface area contributed by atoms with Gasteiger partial charge in [-0.2, -0.15) is 0 Å². The summed E-state index contributed by atoms with van der Waals surface area (Å²) < 4.78 is 0. The molecular weight excluding hydrogens is 184 g/mol. The number of rotatable bonds is 3. The van der Waals surface area contributed by atoms with Gasteiger partial charge in [0.1, 0.15) is 0 Å². The number of halogens is 1. The molecule has 0 radical (unpaired) electrons. The van der Waals surface area contributed by atoms with Gasteiger partial charge < -0.3 is 5.11 Å². The molecule has 0 bridgehead atoms. The Hall–Kier alpha value is -0.530. The molecule has 1 N–H and O–H groups in total. The normalized spacial score (nSPS) is 15.4. The van der Waals surface area contributed by atoms with E-state index in [1.807, 2.05) is 38.1 Å². The van der Waals surface area contributed by atoms with Gasteiger partial charge in [0.05, 0.1) is 6.10 Å². The van der Waals surface area contributed by atoms with Crippen molar-refractivity contribution in [1.29, 1.82) is 0 Å². The summed E-state index contributed by atoms with van der Waals surface area (Å²) in [6.45, 7) is 3.97. The molecule has 0 heterocycles. The van der Waals surface area contributed by atoms with Crippen LogP contribution in [0.5, 0.6) is 0 Å². The lowest BCUT2D eigenvalue weighted by molar-refractivity contribution is 0.145. The van der Waals surface area contributed by atoms with Crippen LogP contribution in [0.3, 0.4) is 0 Å². The van der Waals surface area contributed by atoms with Gasteiger partial charge in [0.25, 0.3) is 0 Å². The van der Waals surface area contributed by atoms with Gasteiger partial charge in [-0.1, -0.05) is 43.6 Å². The molecule has 13 heavy (non-hydrogen) atoms. The van der Waals surface area contributed by atoms with E-state index in [2.05, 4.69) is 0 Å². The zero-order chi connectivity index (χ0) is 9.84. The predicted octanol–water partition coefficient (Wildman–Crippen LogP) is 3.21. The Morgan fingerprint density at radius 3 is 2.54 bits per heavy atom. The molecule has 0 saturated heterocycles. The minimum absolute atomic E-state index is 0.110. The van der Waals surface area contributed by atoms with Crippen LogP contribution in [0.15, 0.2) is 24.3 Å². The third kappa shape index (κ3) is 2.45. The highest BCUT2D eigenvalue weighted by molar-refractivity contribution is 6.31. The van der Waals surface area contributed by atoms with E-state index >= 15 is 0 Å². The van der Waals surface area contributed by atoms with Crippen molar-refractivity contribution in [2.75, 3.05) is 0 Å². The first-order valence-electron chi connectivity index (χ1n) is 4.59. The molecule has 0 spiro atoms. The van der Waals surface area contributed by atoms with Gasteiger partial charge in [0, 0.05) is 10.9 Å². The maximum absolute atomic E-state index is 9.65. The first-order valence-corrected chi connectivity index (χ1v) is 4.97. The van der Waals surface area contributed by atoms with E-state index in [1.165, 1.54) is 0 Å². The molecular formula is C11H15ClO. The zero-order valence-corrected chi connectivity index (χ0v) is 8.75. The summed E-state index contributed by atoms with van der Waals surface area (Å²) in [5.41, 5.74) is 1.03. The van der Waals surface area contributed by atoms with Crippen LogP contribution in [0.4, 0.5) is 0 Å². The molecule has 0 aliphatic heterocycles. The first-order chi connectivity index (χ1) is 6.16. The molecule has 72 valence electrons. The largest absolute Gasteiger partial charge is 0.393 e. The van der Waals surface area contributed by atoms with Crippen LogP contribution in [-0.2, 0) is 0 Å². The van der Waals surface area contributed by atoms with Crippen molar-refractivity contribution in [3.05, 3.63) is 34.9 Å². The van der Waals surface area contributed by atoms with Gasteiger partial charge >= 0.3 is 0 Å². The van der Waals surface area contributed by atoms with Crippen molar-refractivity contribution >= 4 is 11.6 Å². The van der Waals surface area contributed by atoms with E-state index < -0.39 is 0 Å². The summed E-state index contributed by atoms with van der Waals surface area (Å²) in [4.78, 5) is 0. The Kier molecular flexibility index (Phi) is 3.76. The van der Waals surface area contributed by atoms with Crippen molar-refractivity contribution in [1.82, 2.24) is 0 Å². The molecule has 0 aliphatic rings. The number of aliphatic hydroxyl groups excluding tert-OH is 1. The summed E-state index contributed by atoms with van der Waals surface area (Å²) in [6.07, 6.45) is 0.451. The maximum Gasteiger partial charge on any atom is 0.0604 e. The lowest BCUT2D eigenvalue weighted by Crippen LogP contribution is -2.14. The quantitative estimate of drug-likeness (QED) is 0.791. The Morgan fingerprint density at radius 1 is 1.38 bits per heavy atom. The van der Waals surface area contributed by atoms with Crippen LogP contribution >= 0.6 is 11.6 Å². The molecule has 1 rings (SSSR count). The van der Waals surface area contributed by atoms with Crippen LogP contribution in [0, 0.1) is 0 Å². The second kappa shape index (κ2) is 4.64. The zero-order valence-electron chi connectivity index (χ0n) is 8.00. The molecule has 1 nitrogen and oxygen atoms in total. The monoisotopic (exact) mass is 198 g/mol. The second-order valence-electron chi connectivity index (χ2n) is 3.29. The number of hydrogen-bond acceptors (Lipinski definition) is 1. The fraction of sp³-hybridized carbons (Fsp3) is 0.455. The SMILES string of the molecule is CCC(O)C(C)c1ccccc1Cl. The van der Waals surface area contributed by atoms with Gasteiger partial charge in [-0.3, -0.25) is 0 Å². The molecule has 0 saturated carbocycles. The molecule has 2 heteroatoms. The van der Waals surface area contributed by atoms with Crippen LogP contribution in [0.25, 0.3) is 0 Å². The fourth-order valence-electron chi connectivity index (χ4n) is 1.41. The van der Waals surface area contributed by atoms with Crippen molar-refractivity contribution in [2.24, 2.45) is 0 Å². The van der Waals surface area contributed by atoms with Gasteiger partial charge in [0.15, 0.2) is 0 Å². The highest BCUT2D eigenvalue weighted by atomic mass is 35.5. The Morgan fingerprint density at radius 2 is 2.00 bits per heavy atom. The highest BCUT2D eigenvalue weighted by Gasteiger charge is 2.16. The topological polar surface area (TPSA) is 20.2 Å². The molecule has 0 aromatic heterocycles. The summed E-state index contributed by atoms with van der Waals surface area (Å²) >= 11 is 6.01. The van der Waals surface area contributed by atoms with Gasteiger partial charge in [0.2, 0.25) is 0 Å². The maximum atomic E-state index is 9.65. The number of hydrogen-bond donors (Lipinski definition) is 1. The second-order valence-corrected chi connectivity index (χ2v) is 3.69. The van der Waals surface area contributed by atoms with E-state index in [4.69, 9.17) is 11.6 Å². The minimum Gasteiger partial charge on any atom is -0.393 e. The molecule has 2 unspecified atom stereocenters. The third-order valence-electron chi connectivity index (χ3n) is 2.39. The van der Waals surface area contributed by atoms with Crippen molar-refractivity contribution in [3.8, 4) is 0 Å². The summed E-state index contributed by atoms with van der Waals surface area (Å²) in [5, 5.41) is 10.4. The lowest BCUT2D eigenvalue weighted by atomic mass is 9.94. The van der Waals surface area contributed by atoms with E-state index in [0.717, 1.165) is 17.0 Å². The van der Waals surface area contributed by atoms with Gasteiger partial charge in [-0.15, -0.1) is 0 Å². The Balaban J connectivity index is 2.88. The van der Waals surface area contributed by atoms with Crippen molar-refractivity contribution < 1.29 is 5.11 Å². The molecule has 0 amide bonds. The fourth-order valence-corrected chi connectivity index (χ4v) is 1.71. The predicted molar refractivity (Wildman–Crippen MR) is 56.2 cm³/mol. The number of aliphatic hydroxyl groups is 1. The summed E-state index contributed by atoms with van der Waals surface area (Å²) in [7, 11) is 0. The van der Waals surface area contributed by atoms with Crippen molar-refractivity contribution in [3.63, 3.8) is 0 Å². The average molecular weight is 199 g/mol. The minimum atomic E-state index is -0.306. The van der Waals surface area contributed by atoms with Crippen LogP contribution in [0.1, 0.15) is 31.7 Å². The Labute approximate surface area is 84.4 Å². The molecule has 2 atom stereocenters. The third-order valence-corrected chi connectivity index (χ3v) is 2.74. The number of benzene rings is 1. The molecule has 1 aromatic rings. The van der Waals surface area contributed by atoms with Crippen LogP contribution < -0.4 is 0 Å². The van der Waals surface area contributed by atoms with E-state index in [9.17, 15) is 5.11 Å². The van der Waals surface area contributed by atoms with Crippen LogP contribution in [0.2, 0.25) is 5.02 Å². The van der Waals surface area contributed by atoms with Gasteiger partial charge in [-0.25, -0.2) is 0 Å². The first kappa shape index (κ1) is 10.6. The summed E-state index contributed by atoms with van der Waals surface area (Å²) in [5.74, 6) is 0.110. The van der Waals surface area contributed by atoms with Crippen molar-refractivity contribution in [2.45, 2.75) is 32.3 Å². The van der Waals surface area contributed by atoms with Crippen LogP contribution in [-0.4, -0.2) is 11.2 Å². The van der Waals surface area contributed by atoms with E-state index in [-0.39, 0.29) is 12.0 Å². The van der Waals surface area contributed by atoms with Gasteiger partial charge in [-0.05, 0) is 18.1 Å². The summed E-state index contributed by atoms with van der Waals surface area (Å²) in [6, 6.07) is 7.67. The molecule has 0 aliphatic carbocycles. The molecule has 0 fully saturated rings. The average Bonchev–Trinajstić information content (AvgIpc) is 2.16. The highest BCUT2D eigenvalue weighted by Crippen LogP contribution is 2.27. The lowest BCUT2D eigenvalue weighted by Gasteiger charge is -2.18. The van der Waals surface area contributed by atoms with E-state index in [1.54, 1.807) is 0 Å². The smallest absolute Gasteiger partial charge is 0.0604 e. The Bertz CT molecular complexity index is 273. The standard InChI is InChI=1S/C11H15ClO/c1-3-11(13)8(2)9-6-4-5-7-10(9)12/h4-8,11,13H,3H2,1-2H3. The molecule has 1 aromatic carbocycles.